The first-order valence-electron chi connectivity index (χ1n) is 10.1. The van der Waals surface area contributed by atoms with Gasteiger partial charge in [-0.3, -0.25) is 34.2 Å². The minimum atomic E-state index is -1.36. The standard InChI is InChI=1S/C22H19N3O9S/c1-13(26)35-21-18(23-17(27)12-33-16-5-3-2-4-6-16)19(28)24(21)20(29)22(30)34-11-14-7-9-15(10-8-14)25(31)32/h2-10,18,21H,11-12H2,1H3,(H,23,27)/t18-,21-/m0/s1. The molecule has 35 heavy (non-hydrogen) atoms. The Labute approximate surface area is 202 Å². The van der Waals surface area contributed by atoms with Gasteiger partial charge in [0.25, 0.3) is 17.5 Å². The third-order valence-corrected chi connectivity index (χ3v) is 5.73. The smallest absolute Gasteiger partial charge is 0.397 e. The van der Waals surface area contributed by atoms with Gasteiger partial charge in [0, 0.05) is 19.1 Å². The van der Waals surface area contributed by atoms with Crippen LogP contribution in [0.25, 0.3) is 0 Å². The first kappa shape index (κ1) is 25.4. The number of nitrogens with zero attached hydrogens (tertiary/aromatic N) is 2. The van der Waals surface area contributed by atoms with Gasteiger partial charge in [0.1, 0.15) is 23.8 Å². The van der Waals surface area contributed by atoms with Crippen molar-refractivity contribution in [3.8, 4) is 5.75 Å². The van der Waals surface area contributed by atoms with Crippen LogP contribution in [0.2, 0.25) is 0 Å². The lowest BCUT2D eigenvalue weighted by Crippen LogP contribution is -2.72. The van der Waals surface area contributed by atoms with E-state index in [2.05, 4.69) is 5.32 Å². The zero-order valence-corrected chi connectivity index (χ0v) is 19.1. The Bertz CT molecular complexity index is 1150. The molecule has 0 aliphatic carbocycles. The van der Waals surface area contributed by atoms with Gasteiger partial charge in [0.2, 0.25) is 0 Å². The maximum atomic E-state index is 12.5. The predicted molar refractivity (Wildman–Crippen MR) is 121 cm³/mol. The summed E-state index contributed by atoms with van der Waals surface area (Å²) >= 11 is 0.600. The molecule has 3 rings (SSSR count). The molecule has 2 atom stereocenters. The Morgan fingerprint density at radius 1 is 1.09 bits per heavy atom. The predicted octanol–water partition coefficient (Wildman–Crippen LogP) is 1.18. The quantitative estimate of drug-likeness (QED) is 0.183. The molecule has 1 aliphatic heterocycles. The van der Waals surface area contributed by atoms with E-state index >= 15 is 0 Å². The second kappa shape index (κ2) is 11.2. The molecule has 0 radical (unpaired) electrons. The van der Waals surface area contributed by atoms with Crippen LogP contribution in [0.1, 0.15) is 12.5 Å². The van der Waals surface area contributed by atoms with Crippen molar-refractivity contribution in [2.45, 2.75) is 24.9 Å². The fourth-order valence-corrected chi connectivity index (χ4v) is 3.97. The van der Waals surface area contributed by atoms with Crippen molar-refractivity contribution in [2.24, 2.45) is 0 Å². The Morgan fingerprint density at radius 3 is 2.34 bits per heavy atom. The summed E-state index contributed by atoms with van der Waals surface area (Å²) in [4.78, 5) is 71.8. The van der Waals surface area contributed by atoms with Crippen LogP contribution in [0, 0.1) is 10.1 Å². The molecule has 182 valence electrons. The second-order valence-electron chi connectivity index (χ2n) is 7.16. The third kappa shape index (κ3) is 6.41. The number of nitro groups is 1. The topological polar surface area (TPSA) is 162 Å². The van der Waals surface area contributed by atoms with Gasteiger partial charge in [-0.1, -0.05) is 30.0 Å². The number of carbonyl (C=O) groups is 5. The molecule has 1 N–H and O–H groups in total. The molecule has 12 nitrogen and oxygen atoms in total. The van der Waals surface area contributed by atoms with Crippen molar-refractivity contribution in [3.63, 3.8) is 0 Å². The van der Waals surface area contributed by atoms with E-state index in [1.165, 1.54) is 31.2 Å². The summed E-state index contributed by atoms with van der Waals surface area (Å²) in [5.41, 5.74) is 0.221. The molecular formula is C22H19N3O9S. The van der Waals surface area contributed by atoms with E-state index in [0.29, 0.717) is 28.0 Å². The number of esters is 1. The van der Waals surface area contributed by atoms with E-state index in [1.54, 1.807) is 30.3 Å². The summed E-state index contributed by atoms with van der Waals surface area (Å²) in [5.74, 6) is -3.77. The number of non-ortho nitro benzene ring substituents is 1. The third-order valence-electron chi connectivity index (χ3n) is 4.67. The van der Waals surface area contributed by atoms with Crippen LogP contribution in [0.15, 0.2) is 54.6 Å². The fourth-order valence-electron chi connectivity index (χ4n) is 3.01. The monoisotopic (exact) mass is 501 g/mol. The van der Waals surface area contributed by atoms with E-state index in [1.807, 2.05) is 0 Å². The van der Waals surface area contributed by atoms with E-state index in [-0.39, 0.29) is 12.3 Å². The van der Waals surface area contributed by atoms with Crippen molar-refractivity contribution in [1.29, 1.82) is 0 Å². The number of benzene rings is 2. The Kier molecular flexibility index (Phi) is 8.15. The van der Waals surface area contributed by atoms with Gasteiger partial charge in [-0.05, 0) is 29.8 Å². The zero-order valence-electron chi connectivity index (χ0n) is 18.2. The van der Waals surface area contributed by atoms with Gasteiger partial charge >= 0.3 is 11.9 Å². The fraction of sp³-hybridized carbons (Fsp3) is 0.227. The van der Waals surface area contributed by atoms with Crippen molar-refractivity contribution < 1.29 is 38.4 Å². The molecule has 3 amide bonds. The highest BCUT2D eigenvalue weighted by Gasteiger charge is 2.54. The average Bonchev–Trinajstić information content (AvgIpc) is 2.84. The number of imide groups is 1. The van der Waals surface area contributed by atoms with Gasteiger partial charge in [-0.25, -0.2) is 4.79 Å². The van der Waals surface area contributed by atoms with Gasteiger partial charge in [0.05, 0.1) is 4.92 Å². The maximum absolute atomic E-state index is 12.5. The number of thioether (sulfide) groups is 1. The number of nitro benzene ring substituents is 1. The molecule has 0 saturated carbocycles. The Balaban J connectivity index is 1.57. The summed E-state index contributed by atoms with van der Waals surface area (Å²) < 4.78 is 10.2. The summed E-state index contributed by atoms with van der Waals surface area (Å²) in [5, 5.41) is 11.5. The number of ether oxygens (including phenoxy) is 2. The van der Waals surface area contributed by atoms with Gasteiger partial charge < -0.3 is 14.8 Å². The number of likely N-dealkylation sites (tertiary alicyclic amines) is 1. The lowest BCUT2D eigenvalue weighted by atomic mass is 10.1. The summed E-state index contributed by atoms with van der Waals surface area (Å²) in [6.45, 7) is 0.434. The molecule has 1 saturated heterocycles. The van der Waals surface area contributed by atoms with E-state index in [4.69, 9.17) is 9.47 Å². The molecule has 1 heterocycles. The van der Waals surface area contributed by atoms with Gasteiger partial charge in [-0.15, -0.1) is 0 Å². The SMILES string of the molecule is CC(=O)S[C@H]1[C@@H](NC(=O)COc2ccccc2)C(=O)N1C(=O)C(=O)OCc1ccc([N+](=O)[O-])cc1. The molecule has 0 unspecified atom stereocenters. The Morgan fingerprint density at radius 2 is 1.74 bits per heavy atom. The molecule has 2 aromatic carbocycles. The molecular weight excluding hydrogens is 482 g/mol. The van der Waals surface area contributed by atoms with Crippen LogP contribution < -0.4 is 10.1 Å². The maximum Gasteiger partial charge on any atom is 0.397 e. The lowest BCUT2D eigenvalue weighted by Gasteiger charge is -2.43. The van der Waals surface area contributed by atoms with E-state index in [9.17, 15) is 34.1 Å². The lowest BCUT2D eigenvalue weighted by molar-refractivity contribution is -0.384. The summed E-state index contributed by atoms with van der Waals surface area (Å²) in [6, 6.07) is 12.4. The second-order valence-corrected chi connectivity index (χ2v) is 8.45. The van der Waals surface area contributed by atoms with Gasteiger partial charge in [0.15, 0.2) is 11.7 Å². The highest BCUT2D eigenvalue weighted by atomic mass is 32.2. The van der Waals surface area contributed by atoms with Crippen molar-refractivity contribution >= 4 is 46.3 Å². The number of β-lactam (4-membered cyclic amide) rings is 1. The van der Waals surface area contributed by atoms with Crippen LogP contribution in [0.5, 0.6) is 5.75 Å². The van der Waals surface area contributed by atoms with E-state index < -0.39 is 51.8 Å². The number of nitrogens with one attached hydrogen (secondary N) is 1. The zero-order chi connectivity index (χ0) is 25.5. The van der Waals surface area contributed by atoms with Crippen LogP contribution in [-0.4, -0.2) is 56.7 Å². The summed E-state index contributed by atoms with van der Waals surface area (Å²) in [6.07, 6.45) is 0. The number of amides is 3. The molecule has 13 heteroatoms. The molecule has 0 spiro atoms. The number of hydrogen-bond donors (Lipinski definition) is 1. The van der Waals surface area contributed by atoms with Crippen LogP contribution in [0.3, 0.4) is 0 Å². The minimum Gasteiger partial charge on any atom is -0.484 e. The highest BCUT2D eigenvalue weighted by molar-refractivity contribution is 8.14. The number of hydrogen-bond acceptors (Lipinski definition) is 10. The summed E-state index contributed by atoms with van der Waals surface area (Å²) in [7, 11) is 0. The van der Waals surface area contributed by atoms with E-state index in [0.717, 1.165) is 0 Å². The number of carbonyl (C=O) groups excluding carboxylic acids is 5. The van der Waals surface area contributed by atoms with Crippen LogP contribution in [0.4, 0.5) is 5.69 Å². The number of rotatable bonds is 8. The van der Waals surface area contributed by atoms with Crippen molar-refractivity contribution in [1.82, 2.24) is 10.2 Å². The highest BCUT2D eigenvalue weighted by Crippen LogP contribution is 2.31. The normalized spacial score (nSPS) is 16.6. The number of para-hydroxylation sites is 1. The molecule has 0 aromatic heterocycles. The Hall–Kier alpha value is -4.26. The molecule has 1 aliphatic rings. The molecule has 0 bridgehead atoms. The van der Waals surface area contributed by atoms with Crippen LogP contribution in [-0.2, 0) is 35.3 Å². The van der Waals surface area contributed by atoms with Crippen molar-refractivity contribution in [2.75, 3.05) is 6.61 Å². The van der Waals surface area contributed by atoms with Crippen LogP contribution >= 0.6 is 11.8 Å². The first-order chi connectivity index (χ1) is 16.7. The molecule has 2 aromatic rings. The first-order valence-corrected chi connectivity index (χ1v) is 11.0. The molecule has 1 fully saturated rings. The minimum absolute atomic E-state index is 0.159. The average molecular weight is 501 g/mol. The largest absolute Gasteiger partial charge is 0.484 e. The van der Waals surface area contributed by atoms with Crippen molar-refractivity contribution in [3.05, 3.63) is 70.3 Å². The van der Waals surface area contributed by atoms with Gasteiger partial charge in [-0.2, -0.15) is 0 Å².